The van der Waals surface area contributed by atoms with E-state index in [1.165, 1.54) is 0 Å². The number of halogens is 1. The smallest absolute Gasteiger partial charge is 0.261 e. The molecule has 7 heteroatoms. The van der Waals surface area contributed by atoms with E-state index in [2.05, 4.69) is 26.1 Å². The van der Waals surface area contributed by atoms with Crippen LogP contribution in [0.3, 0.4) is 0 Å². The molecule has 22 heavy (non-hydrogen) atoms. The third-order valence-electron chi connectivity index (χ3n) is 4.54. The van der Waals surface area contributed by atoms with Crippen molar-refractivity contribution in [2.24, 2.45) is 7.05 Å². The van der Waals surface area contributed by atoms with E-state index in [-0.39, 0.29) is 11.2 Å². The average Bonchev–Trinajstić information content (AvgIpc) is 2.92. The number of pyridine rings is 1. The highest BCUT2D eigenvalue weighted by Gasteiger charge is 2.39. The van der Waals surface area contributed by atoms with E-state index >= 15 is 0 Å². The fraction of sp³-hybridized carbons (Fsp3) is 0.533. The molecular formula is C15H18BrN3O3. The maximum absolute atomic E-state index is 12.4. The van der Waals surface area contributed by atoms with Crippen LogP contribution in [0.1, 0.15) is 30.8 Å². The molecule has 0 amide bonds. The van der Waals surface area contributed by atoms with E-state index in [9.17, 15) is 4.79 Å². The Hall–Kier alpha value is -1.47. The number of nitrogens with zero attached hydrogens (tertiary/aromatic N) is 3. The Morgan fingerprint density at radius 1 is 1.50 bits per heavy atom. The SMILES string of the molecule is COC1(Cc2nc(-c3cc(Br)c(C)n(C)c3=O)no2)CCC1. The minimum absolute atomic E-state index is 0.141. The van der Waals surface area contributed by atoms with Gasteiger partial charge in [0.05, 0.1) is 17.6 Å². The molecule has 2 heterocycles. The molecule has 0 N–H and O–H groups in total. The molecule has 6 nitrogen and oxygen atoms in total. The monoisotopic (exact) mass is 367 g/mol. The first-order valence-corrected chi connectivity index (χ1v) is 7.99. The van der Waals surface area contributed by atoms with E-state index in [1.54, 1.807) is 24.8 Å². The summed E-state index contributed by atoms with van der Waals surface area (Å²) in [6.07, 6.45) is 3.74. The van der Waals surface area contributed by atoms with Crippen LogP contribution >= 0.6 is 15.9 Å². The molecule has 0 unspecified atom stereocenters. The van der Waals surface area contributed by atoms with Crippen LogP contribution in [0, 0.1) is 6.92 Å². The maximum Gasteiger partial charge on any atom is 0.261 e. The summed E-state index contributed by atoms with van der Waals surface area (Å²) in [5, 5.41) is 3.96. The van der Waals surface area contributed by atoms with Gasteiger partial charge in [0.1, 0.15) is 0 Å². The summed E-state index contributed by atoms with van der Waals surface area (Å²) in [5.74, 6) is 0.831. The van der Waals surface area contributed by atoms with Crippen molar-refractivity contribution in [3.05, 3.63) is 32.5 Å². The molecule has 2 aromatic rings. The minimum atomic E-state index is -0.178. The van der Waals surface area contributed by atoms with Crippen LogP contribution in [0.15, 0.2) is 19.9 Å². The number of hydrogen-bond donors (Lipinski definition) is 0. The van der Waals surface area contributed by atoms with Gasteiger partial charge in [-0.1, -0.05) is 5.16 Å². The van der Waals surface area contributed by atoms with E-state index in [1.807, 2.05) is 6.92 Å². The van der Waals surface area contributed by atoms with E-state index < -0.39 is 0 Å². The van der Waals surface area contributed by atoms with Gasteiger partial charge in [-0.2, -0.15) is 4.98 Å². The van der Waals surface area contributed by atoms with Crippen molar-refractivity contribution in [2.75, 3.05) is 7.11 Å². The van der Waals surface area contributed by atoms with Crippen molar-refractivity contribution >= 4 is 15.9 Å². The Kier molecular flexibility index (Phi) is 3.94. The normalized spacial score (nSPS) is 16.5. The molecule has 1 saturated carbocycles. The van der Waals surface area contributed by atoms with Gasteiger partial charge in [-0.25, -0.2) is 0 Å². The molecule has 0 aliphatic heterocycles. The molecule has 118 valence electrons. The number of hydrogen-bond acceptors (Lipinski definition) is 5. The van der Waals surface area contributed by atoms with Gasteiger partial charge in [-0.05, 0) is 48.2 Å². The highest BCUT2D eigenvalue weighted by atomic mass is 79.9. The zero-order valence-corrected chi connectivity index (χ0v) is 14.4. The predicted molar refractivity (Wildman–Crippen MR) is 84.7 cm³/mol. The summed E-state index contributed by atoms with van der Waals surface area (Å²) in [4.78, 5) is 16.7. The summed E-state index contributed by atoms with van der Waals surface area (Å²) in [6.45, 7) is 1.87. The Morgan fingerprint density at radius 3 is 2.82 bits per heavy atom. The van der Waals surface area contributed by atoms with Crippen molar-refractivity contribution in [3.63, 3.8) is 0 Å². The molecule has 3 rings (SSSR count). The lowest BCUT2D eigenvalue weighted by atomic mass is 9.77. The average molecular weight is 368 g/mol. The van der Waals surface area contributed by atoms with Crippen LogP contribution in [-0.2, 0) is 18.2 Å². The van der Waals surface area contributed by atoms with Crippen LogP contribution in [-0.4, -0.2) is 27.4 Å². The van der Waals surface area contributed by atoms with Gasteiger partial charge in [0.15, 0.2) is 0 Å². The molecule has 2 aromatic heterocycles. The van der Waals surface area contributed by atoms with Crippen molar-refractivity contribution in [2.45, 2.75) is 38.2 Å². The van der Waals surface area contributed by atoms with Crippen molar-refractivity contribution in [1.29, 1.82) is 0 Å². The molecule has 1 aliphatic rings. The van der Waals surface area contributed by atoms with Gasteiger partial charge in [-0.3, -0.25) is 4.79 Å². The Morgan fingerprint density at radius 2 is 2.23 bits per heavy atom. The minimum Gasteiger partial charge on any atom is -0.378 e. The largest absolute Gasteiger partial charge is 0.378 e. The van der Waals surface area contributed by atoms with E-state index in [4.69, 9.17) is 9.26 Å². The lowest BCUT2D eigenvalue weighted by Gasteiger charge is -2.39. The predicted octanol–water partition coefficient (Wildman–Crippen LogP) is 2.62. The first-order valence-electron chi connectivity index (χ1n) is 7.20. The lowest BCUT2D eigenvalue weighted by molar-refractivity contribution is -0.0751. The first kappa shape index (κ1) is 15.4. The summed E-state index contributed by atoms with van der Waals surface area (Å²) in [7, 11) is 3.43. The summed E-state index contributed by atoms with van der Waals surface area (Å²) in [6, 6.07) is 1.74. The molecule has 0 aromatic carbocycles. The van der Waals surface area contributed by atoms with Crippen LogP contribution in [0.25, 0.3) is 11.4 Å². The molecule has 1 fully saturated rings. The second-order valence-electron chi connectivity index (χ2n) is 5.78. The fourth-order valence-corrected chi connectivity index (χ4v) is 3.18. The number of aromatic nitrogens is 3. The first-order chi connectivity index (χ1) is 10.5. The van der Waals surface area contributed by atoms with E-state index in [0.717, 1.165) is 29.4 Å². The Bertz CT molecular complexity index is 756. The summed E-state index contributed by atoms with van der Waals surface area (Å²) in [5.41, 5.74) is 0.960. The van der Waals surface area contributed by atoms with Crippen molar-refractivity contribution < 1.29 is 9.26 Å². The highest BCUT2D eigenvalue weighted by molar-refractivity contribution is 9.10. The molecule has 1 aliphatic carbocycles. The molecular weight excluding hydrogens is 350 g/mol. The standard InChI is InChI=1S/C15H18BrN3O3/c1-9-11(16)7-10(14(20)19(9)2)13-17-12(22-18-13)8-15(21-3)5-4-6-15/h7H,4-6,8H2,1-3H3. The van der Waals surface area contributed by atoms with Crippen LogP contribution in [0.2, 0.25) is 0 Å². The number of ether oxygens (including phenoxy) is 1. The van der Waals surface area contributed by atoms with Crippen LogP contribution < -0.4 is 5.56 Å². The third kappa shape index (κ3) is 2.52. The summed E-state index contributed by atoms with van der Waals surface area (Å²) < 4.78 is 13.3. The lowest BCUT2D eigenvalue weighted by Crippen LogP contribution is -2.41. The Balaban J connectivity index is 1.93. The van der Waals surface area contributed by atoms with Crippen LogP contribution in [0.5, 0.6) is 0 Å². The zero-order valence-electron chi connectivity index (χ0n) is 12.9. The molecule has 0 bridgehead atoms. The second-order valence-corrected chi connectivity index (χ2v) is 6.64. The van der Waals surface area contributed by atoms with E-state index in [0.29, 0.717) is 23.7 Å². The van der Waals surface area contributed by atoms with Gasteiger partial charge in [0.2, 0.25) is 11.7 Å². The Labute approximate surface area is 136 Å². The van der Waals surface area contributed by atoms with Gasteiger partial charge < -0.3 is 13.8 Å². The zero-order chi connectivity index (χ0) is 15.9. The fourth-order valence-electron chi connectivity index (χ4n) is 2.68. The van der Waals surface area contributed by atoms with Gasteiger partial charge in [-0.15, -0.1) is 0 Å². The molecule has 0 saturated heterocycles. The van der Waals surface area contributed by atoms with Gasteiger partial charge in [0.25, 0.3) is 5.56 Å². The molecule has 0 spiro atoms. The highest BCUT2D eigenvalue weighted by Crippen LogP contribution is 2.37. The van der Waals surface area contributed by atoms with Crippen molar-refractivity contribution in [1.82, 2.24) is 14.7 Å². The van der Waals surface area contributed by atoms with Crippen LogP contribution in [0.4, 0.5) is 0 Å². The van der Waals surface area contributed by atoms with Gasteiger partial charge in [0, 0.05) is 24.3 Å². The van der Waals surface area contributed by atoms with Crippen molar-refractivity contribution in [3.8, 4) is 11.4 Å². The molecule has 0 atom stereocenters. The quantitative estimate of drug-likeness (QED) is 0.830. The third-order valence-corrected chi connectivity index (χ3v) is 5.34. The summed E-state index contributed by atoms with van der Waals surface area (Å²) >= 11 is 3.45. The van der Waals surface area contributed by atoms with Gasteiger partial charge >= 0.3 is 0 Å². The second kappa shape index (κ2) is 5.62. The molecule has 0 radical (unpaired) electrons. The maximum atomic E-state index is 12.4. The number of rotatable bonds is 4. The topological polar surface area (TPSA) is 70.2 Å². The number of methoxy groups -OCH3 is 1.